The predicted molar refractivity (Wildman–Crippen MR) is 68.6 cm³/mol. The van der Waals surface area contributed by atoms with Gasteiger partial charge in [0, 0.05) is 19.2 Å². The lowest BCUT2D eigenvalue weighted by atomic mass is 10.1. The maximum Gasteiger partial charge on any atom is 0.197 e. The highest BCUT2D eigenvalue weighted by Crippen LogP contribution is 2.15. The fraction of sp³-hybridized carbons (Fsp3) is 0.538. The minimum atomic E-state index is 0.189. The number of rotatable bonds is 3. The maximum atomic E-state index is 9.67. The van der Waals surface area contributed by atoms with Crippen molar-refractivity contribution in [1.82, 2.24) is 19.5 Å². The van der Waals surface area contributed by atoms with Crippen molar-refractivity contribution in [1.29, 1.82) is 0 Å². The van der Waals surface area contributed by atoms with Gasteiger partial charge in [0.2, 0.25) is 0 Å². The molecule has 0 radical (unpaired) electrons. The summed E-state index contributed by atoms with van der Waals surface area (Å²) in [5, 5.41) is 14.0. The van der Waals surface area contributed by atoms with Gasteiger partial charge >= 0.3 is 0 Å². The summed E-state index contributed by atoms with van der Waals surface area (Å²) in [5.74, 6) is 0.997. The molecular weight excluding hydrogens is 228 g/mol. The molecule has 1 fully saturated rings. The van der Waals surface area contributed by atoms with Gasteiger partial charge in [-0.05, 0) is 38.1 Å². The van der Waals surface area contributed by atoms with Gasteiger partial charge in [0.25, 0.3) is 0 Å². The minimum absolute atomic E-state index is 0.189. The van der Waals surface area contributed by atoms with Crippen molar-refractivity contribution in [3.05, 3.63) is 24.2 Å². The third kappa shape index (κ3) is 2.31. The summed E-state index contributed by atoms with van der Waals surface area (Å²) < 4.78 is 1.64. The molecule has 96 valence electrons. The predicted octanol–water partition coefficient (Wildman–Crippen LogP) is 1.46. The number of piperidine rings is 1. The number of nitrogens with zero attached hydrogens (tertiary/aromatic N) is 4. The number of pyridine rings is 1. The van der Waals surface area contributed by atoms with Crippen LogP contribution in [0.5, 0.6) is 5.75 Å². The Morgan fingerprint density at radius 2 is 2.06 bits per heavy atom. The zero-order valence-electron chi connectivity index (χ0n) is 10.4. The lowest BCUT2D eigenvalue weighted by Gasteiger charge is -2.25. The van der Waals surface area contributed by atoms with Crippen LogP contribution in [0.2, 0.25) is 0 Å². The standard InChI is InChI=1S/C13H18N4O/c18-11-5-4-9-17-13(11)14-12(15-17)6-10-16-7-2-1-3-8-16/h4-5,9,18H,1-3,6-8,10H2. The zero-order chi connectivity index (χ0) is 12.4. The molecule has 0 aliphatic carbocycles. The van der Waals surface area contributed by atoms with E-state index in [4.69, 9.17) is 0 Å². The molecule has 1 saturated heterocycles. The molecule has 1 N–H and O–H groups in total. The molecule has 3 heterocycles. The van der Waals surface area contributed by atoms with E-state index in [0.29, 0.717) is 5.65 Å². The van der Waals surface area contributed by atoms with Crippen molar-refractivity contribution in [2.45, 2.75) is 25.7 Å². The molecule has 5 nitrogen and oxygen atoms in total. The van der Waals surface area contributed by atoms with Gasteiger partial charge in [0.15, 0.2) is 17.2 Å². The molecule has 0 unspecified atom stereocenters. The summed E-state index contributed by atoms with van der Waals surface area (Å²) in [6.07, 6.45) is 6.63. The summed E-state index contributed by atoms with van der Waals surface area (Å²) in [5.41, 5.74) is 0.547. The Morgan fingerprint density at radius 1 is 1.22 bits per heavy atom. The smallest absolute Gasteiger partial charge is 0.197 e. The van der Waals surface area contributed by atoms with E-state index in [1.165, 1.54) is 32.4 Å². The number of aromatic nitrogens is 3. The SMILES string of the molecule is Oc1cccn2nc(CCN3CCCCC3)nc12. The minimum Gasteiger partial charge on any atom is -0.504 e. The zero-order valence-corrected chi connectivity index (χ0v) is 10.4. The monoisotopic (exact) mass is 246 g/mol. The molecule has 18 heavy (non-hydrogen) atoms. The average molecular weight is 246 g/mol. The highest BCUT2D eigenvalue weighted by Gasteiger charge is 2.12. The van der Waals surface area contributed by atoms with E-state index in [2.05, 4.69) is 15.0 Å². The number of hydrogen-bond donors (Lipinski definition) is 1. The largest absolute Gasteiger partial charge is 0.504 e. The lowest BCUT2D eigenvalue weighted by Crippen LogP contribution is -2.31. The van der Waals surface area contributed by atoms with Crippen molar-refractivity contribution in [2.24, 2.45) is 0 Å². The number of fused-ring (bicyclic) bond motifs is 1. The third-order valence-electron chi connectivity index (χ3n) is 3.49. The van der Waals surface area contributed by atoms with Gasteiger partial charge < -0.3 is 10.0 Å². The number of likely N-dealkylation sites (tertiary alicyclic amines) is 1. The summed E-state index contributed by atoms with van der Waals surface area (Å²) >= 11 is 0. The van der Waals surface area contributed by atoms with Crippen LogP contribution in [0.25, 0.3) is 5.65 Å². The Kier molecular flexibility index (Phi) is 3.15. The third-order valence-corrected chi connectivity index (χ3v) is 3.49. The van der Waals surface area contributed by atoms with E-state index < -0.39 is 0 Å². The Balaban J connectivity index is 1.69. The van der Waals surface area contributed by atoms with E-state index in [-0.39, 0.29) is 5.75 Å². The van der Waals surface area contributed by atoms with Crippen molar-refractivity contribution >= 4 is 5.65 Å². The van der Waals surface area contributed by atoms with Crippen LogP contribution in [0.15, 0.2) is 18.3 Å². The van der Waals surface area contributed by atoms with Crippen LogP contribution in [-0.2, 0) is 6.42 Å². The van der Waals surface area contributed by atoms with Crippen molar-refractivity contribution in [2.75, 3.05) is 19.6 Å². The first kappa shape index (κ1) is 11.5. The molecule has 3 rings (SSSR count). The van der Waals surface area contributed by atoms with E-state index in [1.807, 2.05) is 6.20 Å². The highest BCUT2D eigenvalue weighted by atomic mass is 16.3. The summed E-state index contributed by atoms with van der Waals surface area (Å²) in [4.78, 5) is 6.84. The van der Waals surface area contributed by atoms with Gasteiger partial charge in [-0.15, -0.1) is 0 Å². The van der Waals surface area contributed by atoms with E-state index in [0.717, 1.165) is 18.8 Å². The first-order valence-corrected chi connectivity index (χ1v) is 6.58. The molecule has 1 aliphatic rings. The van der Waals surface area contributed by atoms with Crippen molar-refractivity contribution < 1.29 is 5.11 Å². The summed E-state index contributed by atoms with van der Waals surface area (Å²) in [6, 6.07) is 3.41. The second-order valence-corrected chi connectivity index (χ2v) is 4.84. The highest BCUT2D eigenvalue weighted by molar-refractivity contribution is 5.51. The van der Waals surface area contributed by atoms with Crippen LogP contribution in [-0.4, -0.2) is 44.2 Å². The first-order valence-electron chi connectivity index (χ1n) is 6.58. The molecule has 2 aromatic heterocycles. The van der Waals surface area contributed by atoms with Crippen molar-refractivity contribution in [3.8, 4) is 5.75 Å². The van der Waals surface area contributed by atoms with Crippen LogP contribution in [0, 0.1) is 0 Å². The van der Waals surface area contributed by atoms with Crippen molar-refractivity contribution in [3.63, 3.8) is 0 Å². The van der Waals surface area contributed by atoms with Crippen LogP contribution in [0.4, 0.5) is 0 Å². The second kappa shape index (κ2) is 4.94. The normalized spacial score (nSPS) is 17.3. The maximum absolute atomic E-state index is 9.67. The van der Waals surface area contributed by atoms with Gasteiger partial charge in [-0.1, -0.05) is 6.42 Å². The van der Waals surface area contributed by atoms with Gasteiger partial charge in [0.1, 0.15) is 0 Å². The molecular formula is C13H18N4O. The Hall–Kier alpha value is -1.62. The second-order valence-electron chi connectivity index (χ2n) is 4.84. The molecule has 0 bridgehead atoms. The quantitative estimate of drug-likeness (QED) is 0.891. The van der Waals surface area contributed by atoms with E-state index >= 15 is 0 Å². The molecule has 0 aromatic carbocycles. The van der Waals surface area contributed by atoms with Gasteiger partial charge in [-0.2, -0.15) is 5.10 Å². The molecule has 2 aromatic rings. The van der Waals surface area contributed by atoms with Crippen LogP contribution in [0.3, 0.4) is 0 Å². The van der Waals surface area contributed by atoms with Gasteiger partial charge in [0.05, 0.1) is 0 Å². The fourth-order valence-corrected chi connectivity index (χ4v) is 2.48. The molecule has 1 aliphatic heterocycles. The van der Waals surface area contributed by atoms with Crippen LogP contribution >= 0.6 is 0 Å². The van der Waals surface area contributed by atoms with Crippen LogP contribution in [0.1, 0.15) is 25.1 Å². The molecule has 0 atom stereocenters. The first-order chi connectivity index (χ1) is 8.83. The number of aromatic hydroxyl groups is 1. The fourth-order valence-electron chi connectivity index (χ4n) is 2.48. The Bertz CT molecular complexity index is 531. The summed E-state index contributed by atoms with van der Waals surface area (Å²) in [6.45, 7) is 3.40. The van der Waals surface area contributed by atoms with Crippen LogP contribution < -0.4 is 0 Å². The molecule has 0 spiro atoms. The van der Waals surface area contributed by atoms with E-state index in [9.17, 15) is 5.11 Å². The molecule has 0 amide bonds. The lowest BCUT2D eigenvalue weighted by molar-refractivity contribution is 0.230. The van der Waals surface area contributed by atoms with E-state index in [1.54, 1.807) is 16.6 Å². The average Bonchev–Trinajstić information content (AvgIpc) is 2.82. The molecule has 0 saturated carbocycles. The topological polar surface area (TPSA) is 53.7 Å². The Morgan fingerprint density at radius 3 is 2.83 bits per heavy atom. The van der Waals surface area contributed by atoms with Gasteiger partial charge in [-0.25, -0.2) is 9.50 Å². The molecule has 5 heteroatoms. The number of hydrogen-bond acceptors (Lipinski definition) is 4. The Labute approximate surface area is 106 Å². The van der Waals surface area contributed by atoms with Gasteiger partial charge in [-0.3, -0.25) is 0 Å². The summed E-state index contributed by atoms with van der Waals surface area (Å²) in [7, 11) is 0.